The quantitative estimate of drug-likeness (QED) is 0.305. The van der Waals surface area contributed by atoms with Gasteiger partial charge in [0.1, 0.15) is 12.2 Å². The van der Waals surface area contributed by atoms with Crippen molar-refractivity contribution in [3.8, 4) is 11.8 Å². The molecule has 0 radical (unpaired) electrons. The van der Waals surface area contributed by atoms with Gasteiger partial charge in [-0.3, -0.25) is 13.9 Å². The molecule has 1 aliphatic heterocycles. The number of aryl methyl sites for hydroxylation is 1. The fraction of sp³-hybridized carbons (Fsp3) is 0.467. The van der Waals surface area contributed by atoms with Gasteiger partial charge in [-0.25, -0.2) is 4.79 Å². The lowest BCUT2D eigenvalue weighted by Gasteiger charge is -2.31. The van der Waals surface area contributed by atoms with Crippen molar-refractivity contribution in [1.29, 1.82) is 5.26 Å². The Balaban J connectivity index is 1.42. The molecule has 0 amide bonds. The van der Waals surface area contributed by atoms with Crippen LogP contribution in [0.5, 0.6) is 0 Å². The van der Waals surface area contributed by atoms with Gasteiger partial charge in [0.2, 0.25) is 0 Å². The normalized spacial score (nSPS) is 19.8. The van der Waals surface area contributed by atoms with Gasteiger partial charge in [0.15, 0.2) is 0 Å². The molecule has 0 bridgehead atoms. The number of nitriles is 1. The second-order valence-corrected chi connectivity index (χ2v) is 11.8. The van der Waals surface area contributed by atoms with Crippen molar-refractivity contribution in [2.75, 3.05) is 13.1 Å². The van der Waals surface area contributed by atoms with Crippen LogP contribution in [0.3, 0.4) is 0 Å². The molecule has 8 nitrogen and oxygen atoms in total. The Kier molecular flexibility index (Phi) is 6.77. The van der Waals surface area contributed by atoms with Gasteiger partial charge in [0.25, 0.3) is 0 Å². The summed E-state index contributed by atoms with van der Waals surface area (Å²) in [6.07, 6.45) is 4.06. The lowest BCUT2D eigenvalue weighted by molar-refractivity contribution is -0.136. The predicted molar refractivity (Wildman–Crippen MR) is 146 cm³/mol. The van der Waals surface area contributed by atoms with Crippen LogP contribution < -0.4 is 5.69 Å². The molecule has 0 unspecified atom stereocenters. The lowest BCUT2D eigenvalue weighted by atomic mass is 9.86. The zero-order valence-corrected chi connectivity index (χ0v) is 23.1. The zero-order valence-electron chi connectivity index (χ0n) is 23.1. The highest BCUT2D eigenvalue weighted by Crippen LogP contribution is 2.52. The second-order valence-electron chi connectivity index (χ2n) is 11.8. The Bertz CT molecular complexity index is 1690. The summed E-state index contributed by atoms with van der Waals surface area (Å²) in [7, 11) is 1.84. The van der Waals surface area contributed by atoms with E-state index in [-0.39, 0.29) is 11.4 Å². The average molecular weight is 564 g/mol. The Morgan fingerprint density at radius 3 is 2.68 bits per heavy atom. The molecule has 214 valence electrons. The third-order valence-corrected chi connectivity index (χ3v) is 8.57. The van der Waals surface area contributed by atoms with Crippen LogP contribution in [0.25, 0.3) is 11.2 Å². The van der Waals surface area contributed by atoms with Crippen molar-refractivity contribution in [3.63, 3.8) is 0 Å². The molecule has 1 saturated carbocycles. The largest absolute Gasteiger partial charge is 0.418 e. The van der Waals surface area contributed by atoms with E-state index in [4.69, 9.17) is 0 Å². The molecule has 4 aromatic rings. The molecular formula is C30H32F3N7O. The molecule has 2 atom stereocenters. The van der Waals surface area contributed by atoms with Crippen LogP contribution in [-0.4, -0.2) is 41.7 Å². The fourth-order valence-electron chi connectivity index (χ4n) is 6.19. The summed E-state index contributed by atoms with van der Waals surface area (Å²) < 4.78 is 47.0. The van der Waals surface area contributed by atoms with Crippen LogP contribution in [0, 0.1) is 22.7 Å². The maximum absolute atomic E-state index is 14.3. The molecule has 2 fully saturated rings. The minimum absolute atomic E-state index is 0.185. The van der Waals surface area contributed by atoms with E-state index in [9.17, 15) is 23.2 Å². The first-order valence-corrected chi connectivity index (χ1v) is 14.0. The van der Waals surface area contributed by atoms with E-state index in [1.165, 1.54) is 16.8 Å². The smallest absolute Gasteiger partial charge is 0.320 e. The summed E-state index contributed by atoms with van der Waals surface area (Å²) in [5, 5.41) is 18.1. The van der Waals surface area contributed by atoms with Crippen molar-refractivity contribution in [2.24, 2.45) is 18.4 Å². The minimum Gasteiger partial charge on any atom is -0.320 e. The Morgan fingerprint density at radius 1 is 1.22 bits per heavy atom. The van der Waals surface area contributed by atoms with E-state index in [0.717, 1.165) is 48.7 Å². The van der Waals surface area contributed by atoms with E-state index >= 15 is 0 Å². The van der Waals surface area contributed by atoms with Gasteiger partial charge in [0.05, 0.1) is 28.3 Å². The van der Waals surface area contributed by atoms with Crippen molar-refractivity contribution in [2.45, 2.75) is 57.7 Å². The van der Waals surface area contributed by atoms with Gasteiger partial charge in [0, 0.05) is 38.4 Å². The van der Waals surface area contributed by atoms with Gasteiger partial charge >= 0.3 is 11.9 Å². The summed E-state index contributed by atoms with van der Waals surface area (Å²) in [6.45, 7) is 4.15. The SMILES string of the molecule is C[C@H]1CCCN(Cc2cc(C(F)(F)F)c3cn(-c4cccc([C@@H](CC5(C#N)CC5)c5nncn5C)c4)c(=O)n3c2)C1. The van der Waals surface area contributed by atoms with Gasteiger partial charge in [-0.1, -0.05) is 19.1 Å². The first kappa shape index (κ1) is 27.3. The standard InChI is InChI=1S/C30H32F3N7O/c1-20-5-4-10-38(14-20)15-21-11-25(30(31,32)33)26-17-39(28(41)40(26)16-21)23-7-3-6-22(12-23)24(13-29(18-34)8-9-29)27-36-35-19-37(27)2/h3,6-7,11-12,16-17,19-20,24H,4-5,8-10,13-15H2,1-2H3/t20-,24+/m0/s1. The second kappa shape index (κ2) is 10.2. The molecule has 0 spiro atoms. The van der Waals surface area contributed by atoms with E-state index in [2.05, 4.69) is 28.1 Å². The van der Waals surface area contributed by atoms with Crippen LogP contribution in [0.4, 0.5) is 13.2 Å². The number of piperidine rings is 1. The van der Waals surface area contributed by atoms with E-state index in [0.29, 0.717) is 36.0 Å². The highest BCUT2D eigenvalue weighted by molar-refractivity contribution is 5.58. The summed E-state index contributed by atoms with van der Waals surface area (Å²) in [6, 6.07) is 10.8. The number of halogens is 3. The zero-order chi connectivity index (χ0) is 28.9. The number of alkyl halides is 3. The topological polar surface area (TPSA) is 84.2 Å². The summed E-state index contributed by atoms with van der Waals surface area (Å²) in [4.78, 5) is 15.8. The first-order valence-electron chi connectivity index (χ1n) is 14.0. The maximum Gasteiger partial charge on any atom is 0.418 e. The molecule has 41 heavy (non-hydrogen) atoms. The van der Waals surface area contributed by atoms with Crippen LogP contribution in [0.15, 0.2) is 53.8 Å². The summed E-state index contributed by atoms with van der Waals surface area (Å²) >= 11 is 0. The molecule has 1 aliphatic carbocycles. The van der Waals surface area contributed by atoms with Crippen molar-refractivity contribution in [3.05, 3.63) is 82.1 Å². The molecule has 11 heteroatoms. The first-order chi connectivity index (χ1) is 19.6. The minimum atomic E-state index is -4.62. The number of hydrogen-bond acceptors (Lipinski definition) is 5. The van der Waals surface area contributed by atoms with Crippen LogP contribution in [-0.2, 0) is 19.8 Å². The van der Waals surface area contributed by atoms with Crippen LogP contribution in [0.2, 0.25) is 0 Å². The number of fused-ring (bicyclic) bond motifs is 1. The number of aromatic nitrogens is 5. The van der Waals surface area contributed by atoms with Crippen molar-refractivity contribution >= 4 is 5.52 Å². The maximum atomic E-state index is 14.3. The third kappa shape index (κ3) is 5.28. The van der Waals surface area contributed by atoms with E-state index in [1.54, 1.807) is 30.7 Å². The number of imidazole rings is 1. The lowest BCUT2D eigenvalue weighted by Crippen LogP contribution is -2.34. The molecule has 4 heterocycles. The highest BCUT2D eigenvalue weighted by atomic mass is 19.4. The van der Waals surface area contributed by atoms with E-state index < -0.39 is 22.8 Å². The third-order valence-electron chi connectivity index (χ3n) is 8.57. The van der Waals surface area contributed by atoms with Gasteiger partial charge in [-0.05, 0) is 73.9 Å². The molecule has 6 rings (SSSR count). The molecule has 3 aromatic heterocycles. The average Bonchev–Trinajstić information content (AvgIpc) is 3.47. The number of pyridine rings is 1. The molecule has 0 N–H and O–H groups in total. The number of rotatable bonds is 7. The number of nitrogens with zero attached hydrogens (tertiary/aromatic N) is 7. The van der Waals surface area contributed by atoms with Gasteiger partial charge < -0.3 is 4.57 Å². The molecule has 2 aliphatic rings. The predicted octanol–water partition coefficient (Wildman–Crippen LogP) is 5.30. The van der Waals surface area contributed by atoms with Gasteiger partial charge in [-0.2, -0.15) is 18.4 Å². The summed E-state index contributed by atoms with van der Waals surface area (Å²) in [5.74, 6) is 0.912. The fourth-order valence-corrected chi connectivity index (χ4v) is 6.19. The van der Waals surface area contributed by atoms with E-state index in [1.807, 2.05) is 17.7 Å². The Labute approximate surface area is 235 Å². The molecule has 1 saturated heterocycles. The van der Waals surface area contributed by atoms with Crippen molar-refractivity contribution < 1.29 is 13.2 Å². The molecular weight excluding hydrogens is 531 g/mol. The highest BCUT2D eigenvalue weighted by Gasteiger charge is 2.46. The number of likely N-dealkylation sites (tertiary alicyclic amines) is 1. The number of hydrogen-bond donors (Lipinski definition) is 0. The Morgan fingerprint density at radius 2 is 2.02 bits per heavy atom. The van der Waals surface area contributed by atoms with Crippen LogP contribution >= 0.6 is 0 Å². The van der Waals surface area contributed by atoms with Crippen molar-refractivity contribution in [1.82, 2.24) is 28.6 Å². The monoisotopic (exact) mass is 563 g/mol. The van der Waals surface area contributed by atoms with Gasteiger partial charge in [-0.15, -0.1) is 10.2 Å². The molecule has 1 aromatic carbocycles. The Hall–Kier alpha value is -3.91. The summed E-state index contributed by atoms with van der Waals surface area (Å²) in [5.41, 5.74) is -0.284. The number of benzene rings is 1. The van der Waals surface area contributed by atoms with Crippen LogP contribution in [0.1, 0.15) is 67.5 Å².